The Balaban J connectivity index is 2.21. The Morgan fingerprint density at radius 2 is 2.21 bits per heavy atom. The van der Waals surface area contributed by atoms with Crippen molar-refractivity contribution in [1.82, 2.24) is 9.88 Å². The first-order valence-electron chi connectivity index (χ1n) is 4.51. The molecule has 4 heteroatoms. The Kier molecular flexibility index (Phi) is 5.07. The highest BCUT2D eigenvalue weighted by Gasteiger charge is 1.95. The fourth-order valence-electron chi connectivity index (χ4n) is 0.916. The van der Waals surface area contributed by atoms with Crippen LogP contribution < -0.4 is 0 Å². The Morgan fingerprint density at radius 3 is 2.79 bits per heavy atom. The van der Waals surface area contributed by atoms with Gasteiger partial charge in [0.05, 0.1) is 18.9 Å². The summed E-state index contributed by atoms with van der Waals surface area (Å²) in [5.41, 5.74) is 0.965. The molecule has 0 unspecified atom stereocenters. The lowest BCUT2D eigenvalue weighted by Crippen LogP contribution is -2.18. The van der Waals surface area contributed by atoms with Crippen molar-refractivity contribution in [2.45, 2.75) is 6.61 Å². The van der Waals surface area contributed by atoms with Crippen molar-refractivity contribution < 1.29 is 4.74 Å². The largest absolute Gasteiger partial charge is 0.374 e. The molecule has 78 valence electrons. The molecule has 0 saturated carbocycles. The van der Waals surface area contributed by atoms with E-state index in [0.717, 1.165) is 23.3 Å². The molecule has 0 amide bonds. The van der Waals surface area contributed by atoms with Crippen molar-refractivity contribution in [3.8, 4) is 0 Å². The number of rotatable bonds is 5. The molecule has 0 aliphatic carbocycles. The van der Waals surface area contributed by atoms with E-state index in [4.69, 9.17) is 4.74 Å². The quantitative estimate of drug-likeness (QED) is 0.755. The lowest BCUT2D eigenvalue weighted by atomic mass is 10.4. The highest BCUT2D eigenvalue weighted by Crippen LogP contribution is 2.07. The molecule has 0 saturated heterocycles. The van der Waals surface area contributed by atoms with Crippen LogP contribution in [0.4, 0.5) is 0 Å². The van der Waals surface area contributed by atoms with Crippen molar-refractivity contribution in [2.75, 3.05) is 27.2 Å². The summed E-state index contributed by atoms with van der Waals surface area (Å²) < 4.78 is 6.45. The van der Waals surface area contributed by atoms with Gasteiger partial charge in [-0.3, -0.25) is 4.98 Å². The predicted molar refractivity (Wildman–Crippen MR) is 60.1 cm³/mol. The Bertz CT molecular complexity index is 261. The number of hydrogen-bond donors (Lipinski definition) is 0. The fraction of sp³-hybridized carbons (Fsp3) is 0.500. The molecule has 0 fully saturated rings. The summed E-state index contributed by atoms with van der Waals surface area (Å²) in [6, 6.07) is 3.93. The third kappa shape index (κ3) is 4.69. The maximum absolute atomic E-state index is 5.45. The number of nitrogens with zero attached hydrogens (tertiary/aromatic N) is 2. The summed E-state index contributed by atoms with van der Waals surface area (Å²) in [7, 11) is 4.06. The summed E-state index contributed by atoms with van der Waals surface area (Å²) >= 11 is 3.34. The lowest BCUT2D eigenvalue weighted by molar-refractivity contribution is 0.103. The average Bonchev–Trinajstić information content (AvgIpc) is 2.15. The van der Waals surface area contributed by atoms with Crippen molar-refractivity contribution in [1.29, 1.82) is 0 Å². The number of halogens is 1. The van der Waals surface area contributed by atoms with Gasteiger partial charge in [-0.2, -0.15) is 0 Å². The van der Waals surface area contributed by atoms with Crippen LogP contribution in [-0.4, -0.2) is 37.1 Å². The van der Waals surface area contributed by atoms with E-state index in [1.54, 1.807) is 6.20 Å². The van der Waals surface area contributed by atoms with Crippen LogP contribution in [-0.2, 0) is 11.3 Å². The van der Waals surface area contributed by atoms with Crippen LogP contribution >= 0.6 is 15.9 Å². The van der Waals surface area contributed by atoms with Crippen LogP contribution in [0.15, 0.2) is 22.8 Å². The van der Waals surface area contributed by atoms with E-state index in [0.29, 0.717) is 6.61 Å². The standard InChI is InChI=1S/C10H15BrN2O/c1-13(2)5-6-14-8-10-4-3-9(11)7-12-10/h3-4,7H,5-6,8H2,1-2H3. The number of likely N-dealkylation sites (N-methyl/N-ethyl adjacent to an activating group) is 1. The Hall–Kier alpha value is -0.450. The summed E-state index contributed by atoms with van der Waals surface area (Å²) in [6.07, 6.45) is 1.78. The molecule has 1 aromatic heterocycles. The van der Waals surface area contributed by atoms with Gasteiger partial charge in [0.1, 0.15) is 0 Å². The number of hydrogen-bond acceptors (Lipinski definition) is 3. The van der Waals surface area contributed by atoms with Crippen LogP contribution in [0.3, 0.4) is 0 Å². The second kappa shape index (κ2) is 6.11. The maximum Gasteiger partial charge on any atom is 0.0888 e. The van der Waals surface area contributed by atoms with E-state index < -0.39 is 0 Å². The molecule has 1 aromatic rings. The van der Waals surface area contributed by atoms with Crippen molar-refractivity contribution in [3.05, 3.63) is 28.5 Å². The van der Waals surface area contributed by atoms with Crippen LogP contribution in [0.1, 0.15) is 5.69 Å². The number of aromatic nitrogens is 1. The molecule has 0 aliphatic heterocycles. The monoisotopic (exact) mass is 258 g/mol. The van der Waals surface area contributed by atoms with Crippen LogP contribution in [0.5, 0.6) is 0 Å². The van der Waals surface area contributed by atoms with Gasteiger partial charge in [-0.1, -0.05) is 0 Å². The molecule has 0 aliphatic rings. The van der Waals surface area contributed by atoms with Gasteiger partial charge in [-0.25, -0.2) is 0 Å². The minimum atomic E-state index is 0.584. The van der Waals surface area contributed by atoms with Crippen molar-refractivity contribution >= 4 is 15.9 Å². The summed E-state index contributed by atoms with van der Waals surface area (Å²) in [5.74, 6) is 0. The van der Waals surface area contributed by atoms with Crippen molar-refractivity contribution in [2.24, 2.45) is 0 Å². The SMILES string of the molecule is CN(C)CCOCc1ccc(Br)cn1. The van der Waals surface area contributed by atoms with Gasteiger partial charge < -0.3 is 9.64 Å². The molecule has 0 radical (unpaired) electrons. The van der Waals surface area contributed by atoms with Crippen LogP contribution in [0, 0.1) is 0 Å². The van der Waals surface area contributed by atoms with E-state index in [1.165, 1.54) is 0 Å². The zero-order valence-electron chi connectivity index (χ0n) is 8.53. The van der Waals surface area contributed by atoms with Crippen LogP contribution in [0.2, 0.25) is 0 Å². The highest BCUT2D eigenvalue weighted by atomic mass is 79.9. The molecule has 0 bridgehead atoms. The van der Waals surface area contributed by atoms with E-state index >= 15 is 0 Å². The highest BCUT2D eigenvalue weighted by molar-refractivity contribution is 9.10. The molecule has 14 heavy (non-hydrogen) atoms. The fourth-order valence-corrected chi connectivity index (χ4v) is 1.15. The van der Waals surface area contributed by atoms with E-state index in [-0.39, 0.29) is 0 Å². The van der Waals surface area contributed by atoms with Crippen molar-refractivity contribution in [3.63, 3.8) is 0 Å². The Labute approximate surface area is 93.2 Å². The molecule has 0 atom stereocenters. The lowest BCUT2D eigenvalue weighted by Gasteiger charge is -2.09. The summed E-state index contributed by atoms with van der Waals surface area (Å²) in [5, 5.41) is 0. The maximum atomic E-state index is 5.45. The van der Waals surface area contributed by atoms with Gasteiger partial charge in [0.2, 0.25) is 0 Å². The molecular weight excluding hydrogens is 244 g/mol. The summed E-state index contributed by atoms with van der Waals surface area (Å²) in [4.78, 5) is 6.30. The second-order valence-electron chi connectivity index (χ2n) is 3.32. The zero-order valence-corrected chi connectivity index (χ0v) is 10.1. The van der Waals surface area contributed by atoms with Gasteiger partial charge in [0.15, 0.2) is 0 Å². The minimum Gasteiger partial charge on any atom is -0.374 e. The molecule has 3 nitrogen and oxygen atoms in total. The zero-order chi connectivity index (χ0) is 10.4. The molecule has 1 heterocycles. The molecule has 0 N–H and O–H groups in total. The van der Waals surface area contributed by atoms with Gasteiger partial charge >= 0.3 is 0 Å². The second-order valence-corrected chi connectivity index (χ2v) is 4.24. The molecule has 0 aromatic carbocycles. The molecule has 1 rings (SSSR count). The van der Waals surface area contributed by atoms with E-state index in [2.05, 4.69) is 25.8 Å². The normalized spacial score (nSPS) is 10.9. The molecular formula is C10H15BrN2O. The van der Waals surface area contributed by atoms with E-state index in [1.807, 2.05) is 26.2 Å². The third-order valence-electron chi connectivity index (χ3n) is 1.72. The van der Waals surface area contributed by atoms with Gasteiger partial charge in [-0.15, -0.1) is 0 Å². The average molecular weight is 259 g/mol. The Morgan fingerprint density at radius 1 is 1.43 bits per heavy atom. The first-order chi connectivity index (χ1) is 6.68. The summed E-state index contributed by atoms with van der Waals surface area (Å²) in [6.45, 7) is 2.27. The molecule has 0 spiro atoms. The minimum absolute atomic E-state index is 0.584. The predicted octanol–water partition coefficient (Wildman–Crippen LogP) is 1.92. The van der Waals surface area contributed by atoms with Gasteiger partial charge in [0.25, 0.3) is 0 Å². The van der Waals surface area contributed by atoms with Gasteiger partial charge in [-0.05, 0) is 42.2 Å². The topological polar surface area (TPSA) is 25.4 Å². The third-order valence-corrected chi connectivity index (χ3v) is 2.19. The first-order valence-corrected chi connectivity index (χ1v) is 5.30. The van der Waals surface area contributed by atoms with Gasteiger partial charge in [0, 0.05) is 17.2 Å². The van der Waals surface area contributed by atoms with Crippen LogP contribution in [0.25, 0.3) is 0 Å². The number of ether oxygens (including phenoxy) is 1. The van der Waals surface area contributed by atoms with E-state index in [9.17, 15) is 0 Å². The smallest absolute Gasteiger partial charge is 0.0888 e. The number of pyridine rings is 1. The first kappa shape index (κ1) is 11.6.